The monoisotopic (exact) mass is 535 g/mol. The van der Waals surface area contributed by atoms with Gasteiger partial charge in [0.15, 0.2) is 11.6 Å². The van der Waals surface area contributed by atoms with Crippen LogP contribution in [-0.2, 0) is 11.3 Å². The number of aryl methyl sites for hydroxylation is 1. The standard InChI is InChI=1S/C27H27F2N7O3/c1-16-26(17(2)35(33-16)6-7-38-3)23-11-25(22(29)13-31-23)39-21-14-34(15-21)27(37)36-24(4-5-32-36)19-8-18(12-30)9-20(28)10-19/h5,8-11,13,21,24H,4,6-7,14-15H2,1-3H3/t24-/m0/s1. The fourth-order valence-corrected chi connectivity index (χ4v) is 4.85. The smallest absolute Gasteiger partial charge is 0.341 e. The van der Waals surface area contributed by atoms with E-state index in [4.69, 9.17) is 14.7 Å². The molecule has 2 amide bonds. The largest absolute Gasteiger partial charge is 0.483 e. The van der Waals surface area contributed by atoms with E-state index in [0.717, 1.165) is 29.2 Å². The number of carbonyl (C=O) groups is 1. The van der Waals surface area contributed by atoms with E-state index < -0.39 is 23.8 Å². The van der Waals surface area contributed by atoms with Gasteiger partial charge in [-0.15, -0.1) is 0 Å². The molecule has 0 N–H and O–H groups in total. The lowest BCUT2D eigenvalue weighted by molar-refractivity contribution is 0.0257. The third-order valence-electron chi connectivity index (χ3n) is 6.84. The van der Waals surface area contributed by atoms with Crippen LogP contribution in [0, 0.1) is 36.8 Å². The summed E-state index contributed by atoms with van der Waals surface area (Å²) in [6.07, 6.45) is 2.69. The van der Waals surface area contributed by atoms with Crippen molar-refractivity contribution in [1.82, 2.24) is 24.7 Å². The number of nitriles is 1. The third kappa shape index (κ3) is 5.18. The van der Waals surface area contributed by atoms with Crippen molar-refractivity contribution >= 4 is 12.2 Å². The molecule has 5 rings (SSSR count). The average molecular weight is 536 g/mol. The molecule has 1 atom stereocenters. The van der Waals surface area contributed by atoms with Crippen molar-refractivity contribution in [3.05, 3.63) is 64.6 Å². The molecule has 3 aromatic rings. The Morgan fingerprint density at radius 1 is 1.21 bits per heavy atom. The second kappa shape index (κ2) is 10.8. The number of methoxy groups -OCH3 is 1. The number of amides is 2. The van der Waals surface area contributed by atoms with E-state index in [1.807, 2.05) is 24.6 Å². The zero-order chi connectivity index (χ0) is 27.7. The summed E-state index contributed by atoms with van der Waals surface area (Å²) >= 11 is 0. The molecule has 1 saturated heterocycles. The van der Waals surface area contributed by atoms with Gasteiger partial charge in [-0.2, -0.15) is 15.5 Å². The summed E-state index contributed by atoms with van der Waals surface area (Å²) in [4.78, 5) is 18.9. The van der Waals surface area contributed by atoms with Crippen molar-refractivity contribution < 1.29 is 23.0 Å². The summed E-state index contributed by atoms with van der Waals surface area (Å²) in [5.41, 5.74) is 3.65. The van der Waals surface area contributed by atoms with Crippen LogP contribution in [0.1, 0.15) is 35.0 Å². The number of aromatic nitrogens is 3. The first kappa shape index (κ1) is 26.2. The molecule has 39 heavy (non-hydrogen) atoms. The number of hydrogen-bond donors (Lipinski definition) is 0. The van der Waals surface area contributed by atoms with Gasteiger partial charge < -0.3 is 14.4 Å². The minimum atomic E-state index is -0.603. The van der Waals surface area contributed by atoms with E-state index in [0.29, 0.717) is 30.8 Å². The third-order valence-corrected chi connectivity index (χ3v) is 6.84. The Labute approximate surface area is 224 Å². The molecule has 1 fully saturated rings. The lowest BCUT2D eigenvalue weighted by Crippen LogP contribution is -2.58. The summed E-state index contributed by atoms with van der Waals surface area (Å²) in [6, 6.07) is 6.59. The normalized spacial score (nSPS) is 16.9. The maximum atomic E-state index is 14.6. The molecule has 0 unspecified atom stereocenters. The van der Waals surface area contributed by atoms with Gasteiger partial charge in [0.05, 0.1) is 61.5 Å². The number of hydrazone groups is 1. The highest BCUT2D eigenvalue weighted by Crippen LogP contribution is 2.33. The number of hydrogen-bond acceptors (Lipinski definition) is 7. The number of ether oxygens (including phenoxy) is 2. The lowest BCUT2D eigenvalue weighted by atomic mass is 10.0. The van der Waals surface area contributed by atoms with Gasteiger partial charge in [-0.05, 0) is 37.6 Å². The van der Waals surface area contributed by atoms with Crippen LogP contribution in [0.4, 0.5) is 13.6 Å². The summed E-state index contributed by atoms with van der Waals surface area (Å²) in [5, 5.41) is 19.2. The van der Waals surface area contributed by atoms with Crippen molar-refractivity contribution in [2.24, 2.45) is 5.10 Å². The lowest BCUT2D eigenvalue weighted by Gasteiger charge is -2.41. The Bertz CT molecular complexity index is 1480. The van der Waals surface area contributed by atoms with E-state index in [9.17, 15) is 13.6 Å². The van der Waals surface area contributed by atoms with E-state index in [1.165, 1.54) is 16.0 Å². The molecule has 0 spiro atoms. The molecule has 0 saturated carbocycles. The van der Waals surface area contributed by atoms with Gasteiger partial charge in [-0.1, -0.05) is 0 Å². The van der Waals surface area contributed by atoms with Crippen LogP contribution in [0.5, 0.6) is 5.75 Å². The summed E-state index contributed by atoms with van der Waals surface area (Å²) in [5.74, 6) is -1.11. The molecule has 2 aromatic heterocycles. The number of carbonyl (C=O) groups excluding carboxylic acids is 1. The predicted octanol–water partition coefficient (Wildman–Crippen LogP) is 3.97. The average Bonchev–Trinajstić information content (AvgIpc) is 3.49. The fraction of sp³-hybridized carbons (Fsp3) is 0.370. The van der Waals surface area contributed by atoms with E-state index >= 15 is 0 Å². The maximum absolute atomic E-state index is 14.6. The SMILES string of the molecule is COCCn1nc(C)c(-c2cc(OC3CN(C(=O)N4N=CC[C@H]4c4cc(F)cc(C#N)c4)C3)c(F)cn2)c1C. The molecule has 202 valence electrons. The Kier molecular flexibility index (Phi) is 7.26. The molecule has 2 aliphatic heterocycles. The minimum absolute atomic E-state index is 0.0430. The highest BCUT2D eigenvalue weighted by atomic mass is 19.1. The zero-order valence-electron chi connectivity index (χ0n) is 21.8. The van der Waals surface area contributed by atoms with Gasteiger partial charge in [-0.3, -0.25) is 9.67 Å². The van der Waals surface area contributed by atoms with E-state index in [-0.39, 0.29) is 30.4 Å². The second-order valence-electron chi connectivity index (χ2n) is 9.47. The van der Waals surface area contributed by atoms with Crippen LogP contribution in [0.3, 0.4) is 0 Å². The quantitative estimate of drug-likeness (QED) is 0.453. The highest BCUT2D eigenvalue weighted by Gasteiger charge is 2.39. The number of rotatable bonds is 7. The van der Waals surface area contributed by atoms with Crippen LogP contribution in [0.2, 0.25) is 0 Å². The molecule has 2 aliphatic rings. The Hall–Kier alpha value is -4.37. The number of pyridine rings is 1. The molecule has 4 heterocycles. The molecular formula is C27H27F2N7O3. The number of nitrogens with zero attached hydrogens (tertiary/aromatic N) is 7. The van der Waals surface area contributed by atoms with Gasteiger partial charge in [0.1, 0.15) is 11.9 Å². The minimum Gasteiger partial charge on any atom is -0.483 e. The van der Waals surface area contributed by atoms with Gasteiger partial charge in [-0.25, -0.2) is 18.6 Å². The fourth-order valence-electron chi connectivity index (χ4n) is 4.85. The van der Waals surface area contributed by atoms with Crippen LogP contribution in [-0.4, -0.2) is 69.8 Å². The van der Waals surface area contributed by atoms with Gasteiger partial charge in [0, 0.05) is 37.1 Å². The molecule has 10 nitrogen and oxygen atoms in total. The van der Waals surface area contributed by atoms with Crippen molar-refractivity contribution in [3.63, 3.8) is 0 Å². The molecule has 0 bridgehead atoms. The predicted molar refractivity (Wildman–Crippen MR) is 137 cm³/mol. The number of halogens is 2. The number of benzene rings is 1. The van der Waals surface area contributed by atoms with Crippen LogP contribution in [0.25, 0.3) is 11.3 Å². The molecule has 1 aromatic carbocycles. The van der Waals surface area contributed by atoms with E-state index in [1.54, 1.807) is 25.5 Å². The maximum Gasteiger partial charge on any atom is 0.341 e. The molecular weight excluding hydrogens is 508 g/mol. The Balaban J connectivity index is 1.25. The second-order valence-corrected chi connectivity index (χ2v) is 9.47. The van der Waals surface area contributed by atoms with Gasteiger partial charge in [0.25, 0.3) is 0 Å². The summed E-state index contributed by atoms with van der Waals surface area (Å²) in [7, 11) is 1.62. The molecule has 0 radical (unpaired) electrons. The van der Waals surface area contributed by atoms with E-state index in [2.05, 4.69) is 15.2 Å². The first-order valence-corrected chi connectivity index (χ1v) is 12.5. The summed E-state index contributed by atoms with van der Waals surface area (Å²) in [6.45, 7) is 5.34. The zero-order valence-corrected chi connectivity index (χ0v) is 21.8. The first-order valence-electron chi connectivity index (χ1n) is 12.5. The van der Waals surface area contributed by atoms with Crippen LogP contribution < -0.4 is 4.74 Å². The number of likely N-dealkylation sites (tertiary alicyclic amines) is 1. The summed E-state index contributed by atoms with van der Waals surface area (Å²) < 4.78 is 41.5. The van der Waals surface area contributed by atoms with Crippen molar-refractivity contribution in [2.45, 2.75) is 39.0 Å². The van der Waals surface area contributed by atoms with Crippen LogP contribution in [0.15, 0.2) is 35.6 Å². The van der Waals surface area contributed by atoms with Crippen molar-refractivity contribution in [2.75, 3.05) is 26.8 Å². The Morgan fingerprint density at radius 2 is 2.00 bits per heavy atom. The number of urea groups is 1. The topological polar surface area (TPSA) is 109 Å². The Morgan fingerprint density at radius 3 is 2.74 bits per heavy atom. The van der Waals surface area contributed by atoms with Crippen molar-refractivity contribution in [1.29, 1.82) is 5.26 Å². The molecule has 0 aliphatic carbocycles. The molecule has 12 heteroatoms. The van der Waals surface area contributed by atoms with Crippen LogP contribution >= 0.6 is 0 Å². The van der Waals surface area contributed by atoms with Gasteiger partial charge >= 0.3 is 6.03 Å². The van der Waals surface area contributed by atoms with Crippen molar-refractivity contribution in [3.8, 4) is 23.1 Å². The van der Waals surface area contributed by atoms with Gasteiger partial charge in [0.2, 0.25) is 0 Å². The first-order chi connectivity index (χ1) is 18.8. The highest BCUT2D eigenvalue weighted by molar-refractivity contribution is 5.79.